The van der Waals surface area contributed by atoms with Crippen molar-refractivity contribution >= 4 is 11.8 Å². The van der Waals surface area contributed by atoms with E-state index in [0.29, 0.717) is 17.8 Å². The smallest absolute Gasteiger partial charge is 0.290 e. The van der Waals surface area contributed by atoms with Gasteiger partial charge in [0.2, 0.25) is 5.76 Å². The number of nitrogens with one attached hydrogen (secondary N) is 1. The minimum absolute atomic E-state index is 0.00609. The van der Waals surface area contributed by atoms with Crippen LogP contribution in [0.15, 0.2) is 16.7 Å². The molecular weight excluding hydrogens is 358 g/mol. The molecule has 3 unspecified atom stereocenters. The molecule has 28 heavy (non-hydrogen) atoms. The van der Waals surface area contributed by atoms with Crippen molar-refractivity contribution in [1.82, 2.24) is 25.6 Å². The van der Waals surface area contributed by atoms with E-state index in [-0.39, 0.29) is 41.5 Å². The maximum Gasteiger partial charge on any atom is 0.290 e. The number of amides is 2. The number of carbonyl (C=O) groups excluding carboxylic acids is 2. The highest BCUT2D eigenvalue weighted by molar-refractivity contribution is 5.96. The Balaban J connectivity index is 1.45. The molecule has 1 N–H and O–H groups in total. The molecule has 0 radical (unpaired) electrons. The molecule has 2 bridgehead atoms. The first-order valence-corrected chi connectivity index (χ1v) is 9.80. The van der Waals surface area contributed by atoms with Crippen LogP contribution in [0.3, 0.4) is 0 Å². The van der Waals surface area contributed by atoms with Crippen LogP contribution < -0.4 is 5.32 Å². The Morgan fingerprint density at radius 1 is 1.32 bits per heavy atom. The SMILES string of the molecule is CCc1cc(C(=O)N2CC3CC2C3NC(=O)c2cc(C(C)C)no2)c(C)nn1. The van der Waals surface area contributed by atoms with Gasteiger partial charge in [0.15, 0.2) is 0 Å². The third-order valence-electron chi connectivity index (χ3n) is 5.82. The summed E-state index contributed by atoms with van der Waals surface area (Å²) < 4.78 is 5.18. The van der Waals surface area contributed by atoms with Crippen LogP contribution in [-0.2, 0) is 6.42 Å². The molecule has 0 aromatic carbocycles. The first-order valence-electron chi connectivity index (χ1n) is 9.80. The first kappa shape index (κ1) is 18.6. The summed E-state index contributed by atoms with van der Waals surface area (Å²) in [6.07, 6.45) is 1.64. The molecule has 2 saturated heterocycles. The Hall–Kier alpha value is -2.77. The lowest BCUT2D eigenvalue weighted by molar-refractivity contribution is 0.0690. The molecule has 1 saturated carbocycles. The zero-order valence-corrected chi connectivity index (χ0v) is 16.6. The average molecular weight is 383 g/mol. The number of rotatable bonds is 5. The van der Waals surface area contributed by atoms with Crippen LogP contribution >= 0.6 is 0 Å². The van der Waals surface area contributed by atoms with Crippen LogP contribution in [0, 0.1) is 12.8 Å². The third kappa shape index (κ3) is 3.06. The minimum Gasteiger partial charge on any atom is -0.351 e. The van der Waals surface area contributed by atoms with E-state index in [4.69, 9.17) is 4.52 Å². The summed E-state index contributed by atoms with van der Waals surface area (Å²) in [5.41, 5.74) is 2.79. The molecule has 3 fully saturated rings. The van der Waals surface area contributed by atoms with Crippen molar-refractivity contribution in [3.63, 3.8) is 0 Å². The van der Waals surface area contributed by atoms with Gasteiger partial charge in [-0.1, -0.05) is 25.9 Å². The topological polar surface area (TPSA) is 101 Å². The molecule has 5 rings (SSSR count). The monoisotopic (exact) mass is 383 g/mol. The summed E-state index contributed by atoms with van der Waals surface area (Å²) in [7, 11) is 0. The summed E-state index contributed by atoms with van der Waals surface area (Å²) in [6.45, 7) is 8.42. The van der Waals surface area contributed by atoms with Gasteiger partial charge in [0.05, 0.1) is 34.7 Å². The second-order valence-corrected chi connectivity index (χ2v) is 7.98. The van der Waals surface area contributed by atoms with Crippen molar-refractivity contribution in [2.24, 2.45) is 5.92 Å². The molecule has 2 aromatic rings. The normalized spacial score (nSPS) is 23.0. The molecule has 3 aliphatic rings. The van der Waals surface area contributed by atoms with Crippen molar-refractivity contribution in [2.75, 3.05) is 6.54 Å². The molecule has 3 atom stereocenters. The average Bonchev–Trinajstić information content (AvgIpc) is 3.40. The molecule has 1 aliphatic carbocycles. The van der Waals surface area contributed by atoms with Crippen LogP contribution in [0.1, 0.15) is 71.1 Å². The van der Waals surface area contributed by atoms with E-state index in [9.17, 15) is 9.59 Å². The number of hydrogen-bond acceptors (Lipinski definition) is 6. The van der Waals surface area contributed by atoms with Crippen molar-refractivity contribution in [2.45, 2.75) is 58.5 Å². The van der Waals surface area contributed by atoms with Gasteiger partial charge in [-0.15, -0.1) is 0 Å². The molecule has 2 aromatic heterocycles. The Morgan fingerprint density at radius 2 is 2.11 bits per heavy atom. The van der Waals surface area contributed by atoms with Crippen molar-refractivity contribution in [1.29, 1.82) is 0 Å². The van der Waals surface area contributed by atoms with Gasteiger partial charge in [-0.3, -0.25) is 9.59 Å². The fourth-order valence-electron chi connectivity index (χ4n) is 3.99. The second kappa shape index (κ2) is 7.00. The van der Waals surface area contributed by atoms with Crippen LogP contribution in [-0.4, -0.2) is 50.7 Å². The molecule has 148 valence electrons. The molecule has 4 heterocycles. The van der Waals surface area contributed by atoms with Gasteiger partial charge in [0.1, 0.15) is 0 Å². The van der Waals surface area contributed by atoms with Crippen molar-refractivity contribution in [3.05, 3.63) is 40.5 Å². The Kier molecular flexibility index (Phi) is 4.64. The Bertz CT molecular complexity index is 922. The summed E-state index contributed by atoms with van der Waals surface area (Å²) in [5, 5.41) is 15.2. The molecule has 2 aliphatic heterocycles. The van der Waals surface area contributed by atoms with Crippen LogP contribution in [0.25, 0.3) is 0 Å². The fraction of sp³-hybridized carbons (Fsp3) is 0.550. The van der Waals surface area contributed by atoms with Crippen molar-refractivity contribution < 1.29 is 14.1 Å². The van der Waals surface area contributed by atoms with E-state index >= 15 is 0 Å². The van der Waals surface area contributed by atoms with Crippen LogP contribution in [0.2, 0.25) is 0 Å². The van der Waals surface area contributed by atoms with Gasteiger partial charge in [-0.25, -0.2) is 0 Å². The summed E-state index contributed by atoms with van der Waals surface area (Å²) in [4.78, 5) is 27.4. The highest BCUT2D eigenvalue weighted by Gasteiger charge is 2.54. The lowest BCUT2D eigenvalue weighted by Crippen LogP contribution is -2.55. The maximum atomic E-state index is 13.1. The van der Waals surface area contributed by atoms with Gasteiger partial charge in [0.25, 0.3) is 11.8 Å². The zero-order chi connectivity index (χ0) is 20.0. The van der Waals surface area contributed by atoms with E-state index in [2.05, 4.69) is 20.7 Å². The van der Waals surface area contributed by atoms with Gasteiger partial charge in [0, 0.05) is 18.5 Å². The number of aryl methyl sites for hydroxylation is 2. The second-order valence-electron chi connectivity index (χ2n) is 7.98. The largest absolute Gasteiger partial charge is 0.351 e. The first-order chi connectivity index (χ1) is 13.4. The van der Waals surface area contributed by atoms with Gasteiger partial charge in [-0.05, 0) is 31.7 Å². The van der Waals surface area contributed by atoms with Gasteiger partial charge >= 0.3 is 0 Å². The molecule has 8 nitrogen and oxygen atoms in total. The van der Waals surface area contributed by atoms with E-state index in [1.165, 1.54) is 0 Å². The summed E-state index contributed by atoms with van der Waals surface area (Å²) in [6, 6.07) is 3.47. The standard InChI is InChI=1S/C20H25N5O3/c1-5-13-7-14(11(4)22-23-13)20(27)25-9-12-6-16(25)18(12)21-19(26)17-8-15(10(2)3)24-28-17/h7-8,10,12,16,18H,5-6,9H2,1-4H3,(H,21,26). The summed E-state index contributed by atoms with van der Waals surface area (Å²) in [5.74, 6) is 0.376. The minimum atomic E-state index is -0.275. The van der Waals surface area contributed by atoms with E-state index < -0.39 is 0 Å². The quantitative estimate of drug-likeness (QED) is 0.848. The summed E-state index contributed by atoms with van der Waals surface area (Å²) >= 11 is 0. The van der Waals surface area contributed by atoms with Crippen molar-refractivity contribution in [3.8, 4) is 0 Å². The van der Waals surface area contributed by atoms with Gasteiger partial charge < -0.3 is 14.7 Å². The number of aromatic nitrogens is 3. The van der Waals surface area contributed by atoms with Gasteiger partial charge in [-0.2, -0.15) is 10.2 Å². The predicted octanol–water partition coefficient (Wildman–Crippen LogP) is 2.10. The predicted molar refractivity (Wildman–Crippen MR) is 101 cm³/mol. The lowest BCUT2D eigenvalue weighted by atomic mass is 9.80. The van der Waals surface area contributed by atoms with Crippen LogP contribution in [0.5, 0.6) is 0 Å². The number of fused-ring (bicyclic) bond motifs is 1. The fourth-order valence-corrected chi connectivity index (χ4v) is 3.99. The van der Waals surface area contributed by atoms with E-state index in [1.54, 1.807) is 13.0 Å². The highest BCUT2D eigenvalue weighted by Crippen LogP contribution is 2.42. The number of hydrogen-bond donors (Lipinski definition) is 1. The van der Waals surface area contributed by atoms with E-state index in [0.717, 1.165) is 24.2 Å². The highest BCUT2D eigenvalue weighted by atomic mass is 16.5. The number of carbonyl (C=O) groups is 2. The van der Waals surface area contributed by atoms with E-state index in [1.807, 2.05) is 31.7 Å². The lowest BCUT2D eigenvalue weighted by Gasteiger charge is -2.36. The number of nitrogens with zero attached hydrogens (tertiary/aromatic N) is 4. The Morgan fingerprint density at radius 3 is 2.79 bits per heavy atom. The Labute approximate surface area is 163 Å². The molecule has 0 spiro atoms. The molecule has 8 heteroatoms. The maximum absolute atomic E-state index is 13.1. The third-order valence-corrected chi connectivity index (χ3v) is 5.82. The molecular formula is C20H25N5O3. The zero-order valence-electron chi connectivity index (χ0n) is 16.6. The molecule has 2 amide bonds. The van der Waals surface area contributed by atoms with Crippen LogP contribution in [0.4, 0.5) is 0 Å².